The first-order valence-corrected chi connectivity index (χ1v) is 7.20. The van der Waals surface area contributed by atoms with Crippen LogP contribution in [0.2, 0.25) is 0 Å². The van der Waals surface area contributed by atoms with Gasteiger partial charge in [-0.1, -0.05) is 37.1 Å². The summed E-state index contributed by atoms with van der Waals surface area (Å²) in [5.74, 6) is 0.628. The van der Waals surface area contributed by atoms with Crippen LogP contribution in [0.3, 0.4) is 0 Å². The number of rotatable bonds is 2. The molecule has 0 radical (unpaired) electrons. The van der Waals surface area contributed by atoms with Gasteiger partial charge >= 0.3 is 0 Å². The fourth-order valence-corrected chi connectivity index (χ4v) is 2.92. The van der Waals surface area contributed by atoms with Gasteiger partial charge in [-0.2, -0.15) is 0 Å². The number of aromatic nitrogens is 1. The Balaban J connectivity index is 1.82. The molecule has 1 unspecified atom stereocenters. The molecule has 0 aliphatic heterocycles. The van der Waals surface area contributed by atoms with Gasteiger partial charge in [-0.05, 0) is 31.4 Å². The number of fused-ring (bicyclic) bond motifs is 1. The van der Waals surface area contributed by atoms with Gasteiger partial charge in [-0.25, -0.2) is 0 Å². The van der Waals surface area contributed by atoms with E-state index in [0.29, 0.717) is 5.78 Å². The molecular formula is C17H19NO. The molecule has 1 aliphatic rings. The summed E-state index contributed by atoms with van der Waals surface area (Å²) in [4.78, 5) is 16.7. The zero-order valence-electron chi connectivity index (χ0n) is 11.1. The molecule has 2 heteroatoms. The van der Waals surface area contributed by atoms with E-state index in [-0.39, 0.29) is 5.92 Å². The van der Waals surface area contributed by atoms with Crippen LogP contribution in [0, 0.1) is 5.92 Å². The number of carbonyl (C=O) groups excluding carboxylic acids is 1. The van der Waals surface area contributed by atoms with Gasteiger partial charge in [0, 0.05) is 23.4 Å². The number of nitrogens with zero attached hydrogens (tertiary/aromatic N) is 1. The maximum atomic E-state index is 12.1. The number of pyridine rings is 1. The summed E-state index contributed by atoms with van der Waals surface area (Å²) < 4.78 is 0. The normalized spacial score (nSPS) is 20.4. The van der Waals surface area contributed by atoms with Crippen molar-refractivity contribution in [3.63, 3.8) is 0 Å². The third-order valence-electron chi connectivity index (χ3n) is 4.04. The molecule has 0 N–H and O–H groups in total. The van der Waals surface area contributed by atoms with E-state index >= 15 is 0 Å². The van der Waals surface area contributed by atoms with Crippen molar-refractivity contribution in [2.45, 2.75) is 38.5 Å². The molecule has 0 spiro atoms. The maximum absolute atomic E-state index is 12.1. The second kappa shape index (κ2) is 5.52. The lowest BCUT2D eigenvalue weighted by molar-refractivity contribution is -0.122. The van der Waals surface area contributed by atoms with Crippen molar-refractivity contribution in [2.75, 3.05) is 0 Å². The third kappa shape index (κ3) is 2.83. The van der Waals surface area contributed by atoms with Gasteiger partial charge in [0.1, 0.15) is 5.78 Å². The van der Waals surface area contributed by atoms with Crippen molar-refractivity contribution in [3.05, 3.63) is 42.1 Å². The molecule has 0 saturated heterocycles. The Bertz CT molecular complexity index is 591. The van der Waals surface area contributed by atoms with Crippen molar-refractivity contribution >= 4 is 16.7 Å². The molecule has 1 saturated carbocycles. The summed E-state index contributed by atoms with van der Waals surface area (Å²) in [6, 6.07) is 12.3. The average molecular weight is 253 g/mol. The number of para-hydroxylation sites is 1. The van der Waals surface area contributed by atoms with Crippen LogP contribution in [0.15, 0.2) is 36.4 Å². The summed E-state index contributed by atoms with van der Waals surface area (Å²) in [6.45, 7) is 0. The number of hydrogen-bond acceptors (Lipinski definition) is 2. The largest absolute Gasteiger partial charge is 0.299 e. The quantitative estimate of drug-likeness (QED) is 0.759. The van der Waals surface area contributed by atoms with Crippen molar-refractivity contribution < 1.29 is 4.79 Å². The highest BCUT2D eigenvalue weighted by Gasteiger charge is 2.21. The van der Waals surface area contributed by atoms with Gasteiger partial charge in [-0.15, -0.1) is 0 Å². The number of carbonyl (C=O) groups is 1. The first-order valence-electron chi connectivity index (χ1n) is 7.20. The van der Waals surface area contributed by atoms with Gasteiger partial charge in [0.25, 0.3) is 0 Å². The van der Waals surface area contributed by atoms with Crippen LogP contribution in [0.1, 0.15) is 37.8 Å². The Morgan fingerprint density at radius 1 is 1.05 bits per heavy atom. The standard InChI is InChI=1S/C17H19NO/c19-17-9-3-1-2-7-14(17)12-15-11-10-13-6-4-5-8-16(13)18-15/h4-6,8,10-11,14H,1-3,7,9,12H2. The summed E-state index contributed by atoms with van der Waals surface area (Å²) in [7, 11) is 0. The zero-order chi connectivity index (χ0) is 13.1. The Hall–Kier alpha value is -1.70. The Kier molecular flexibility index (Phi) is 3.58. The lowest BCUT2D eigenvalue weighted by atomic mass is 9.93. The number of benzene rings is 1. The Labute approximate surface area is 113 Å². The van der Waals surface area contributed by atoms with Crippen LogP contribution in [-0.2, 0) is 11.2 Å². The molecule has 3 rings (SSSR count). The molecule has 2 nitrogen and oxygen atoms in total. The van der Waals surface area contributed by atoms with E-state index < -0.39 is 0 Å². The number of Topliss-reactive ketones (excluding diaryl/α,β-unsaturated/α-hetero) is 1. The summed E-state index contributed by atoms with van der Waals surface area (Å²) in [5, 5.41) is 1.17. The lowest BCUT2D eigenvalue weighted by Crippen LogP contribution is -2.15. The van der Waals surface area contributed by atoms with Gasteiger partial charge < -0.3 is 0 Å². The fraction of sp³-hybridized carbons (Fsp3) is 0.412. The zero-order valence-corrected chi connectivity index (χ0v) is 11.1. The molecular weight excluding hydrogens is 234 g/mol. The fourth-order valence-electron chi connectivity index (χ4n) is 2.92. The van der Waals surface area contributed by atoms with Crippen molar-refractivity contribution in [2.24, 2.45) is 5.92 Å². The Morgan fingerprint density at radius 2 is 1.95 bits per heavy atom. The minimum Gasteiger partial charge on any atom is -0.299 e. The molecule has 1 aromatic heterocycles. The van der Waals surface area contributed by atoms with Crippen LogP contribution >= 0.6 is 0 Å². The first-order chi connectivity index (χ1) is 9.33. The molecule has 1 aliphatic carbocycles. The summed E-state index contributed by atoms with van der Waals surface area (Å²) in [5.41, 5.74) is 2.08. The second-order valence-corrected chi connectivity index (χ2v) is 5.46. The van der Waals surface area contributed by atoms with Crippen molar-refractivity contribution in [1.82, 2.24) is 4.98 Å². The molecule has 1 atom stereocenters. The summed E-state index contributed by atoms with van der Waals surface area (Å²) in [6.07, 6.45) is 6.06. The van der Waals surface area contributed by atoms with E-state index in [1.807, 2.05) is 18.2 Å². The van der Waals surface area contributed by atoms with Crippen molar-refractivity contribution in [1.29, 1.82) is 0 Å². The minimum absolute atomic E-state index is 0.191. The van der Waals surface area contributed by atoms with Crippen LogP contribution in [0.4, 0.5) is 0 Å². The summed E-state index contributed by atoms with van der Waals surface area (Å²) >= 11 is 0. The highest BCUT2D eigenvalue weighted by atomic mass is 16.1. The van der Waals surface area contributed by atoms with Gasteiger partial charge in [0.05, 0.1) is 5.52 Å². The predicted octanol–water partition coefficient (Wildman–Crippen LogP) is 3.93. The highest BCUT2D eigenvalue weighted by Crippen LogP contribution is 2.23. The molecule has 0 bridgehead atoms. The molecule has 1 aromatic carbocycles. The van der Waals surface area contributed by atoms with Crippen LogP contribution < -0.4 is 0 Å². The number of ketones is 1. The van der Waals surface area contributed by atoms with Crippen LogP contribution in [-0.4, -0.2) is 10.8 Å². The predicted molar refractivity (Wildman–Crippen MR) is 77.0 cm³/mol. The molecule has 1 fully saturated rings. The highest BCUT2D eigenvalue weighted by molar-refractivity contribution is 5.82. The van der Waals surface area contributed by atoms with Crippen LogP contribution in [0.5, 0.6) is 0 Å². The lowest BCUT2D eigenvalue weighted by Gasteiger charge is -2.12. The van der Waals surface area contributed by atoms with E-state index in [2.05, 4.69) is 23.2 Å². The molecule has 2 aromatic rings. The van der Waals surface area contributed by atoms with Crippen molar-refractivity contribution in [3.8, 4) is 0 Å². The minimum atomic E-state index is 0.191. The van der Waals surface area contributed by atoms with E-state index in [4.69, 9.17) is 0 Å². The first kappa shape index (κ1) is 12.3. The average Bonchev–Trinajstić information content (AvgIpc) is 2.64. The van der Waals surface area contributed by atoms with Crippen LogP contribution in [0.25, 0.3) is 10.9 Å². The van der Waals surface area contributed by atoms with E-state index in [9.17, 15) is 4.79 Å². The van der Waals surface area contributed by atoms with Gasteiger partial charge in [0.15, 0.2) is 0 Å². The SMILES string of the molecule is O=C1CCCCCC1Cc1ccc2ccccc2n1. The molecule has 1 heterocycles. The second-order valence-electron chi connectivity index (χ2n) is 5.46. The van der Waals surface area contributed by atoms with Gasteiger partial charge in [0.2, 0.25) is 0 Å². The third-order valence-corrected chi connectivity index (χ3v) is 4.04. The van der Waals surface area contributed by atoms with Gasteiger partial charge in [-0.3, -0.25) is 9.78 Å². The monoisotopic (exact) mass is 253 g/mol. The molecule has 0 amide bonds. The molecule has 98 valence electrons. The smallest absolute Gasteiger partial charge is 0.136 e. The number of hydrogen-bond donors (Lipinski definition) is 0. The van der Waals surface area contributed by atoms with E-state index in [1.54, 1.807) is 0 Å². The Morgan fingerprint density at radius 3 is 2.89 bits per heavy atom. The van der Waals surface area contributed by atoms with E-state index in [1.165, 1.54) is 18.2 Å². The molecule has 19 heavy (non-hydrogen) atoms. The van der Waals surface area contributed by atoms with E-state index in [0.717, 1.165) is 36.9 Å². The topological polar surface area (TPSA) is 30.0 Å². The maximum Gasteiger partial charge on any atom is 0.136 e.